The van der Waals surface area contributed by atoms with E-state index in [2.05, 4.69) is 89.7 Å². The van der Waals surface area contributed by atoms with Crippen molar-refractivity contribution >= 4 is 64.3 Å². The molecule has 0 spiro atoms. The van der Waals surface area contributed by atoms with Crippen molar-refractivity contribution < 1.29 is 20.1 Å². The van der Waals surface area contributed by atoms with E-state index in [1.807, 2.05) is 34.0 Å². The van der Waals surface area contributed by atoms with Crippen LogP contribution in [-0.2, 0) is 4.74 Å². The molecule has 3 N–H and O–H groups in total. The molecule has 3 aromatic heterocycles. The van der Waals surface area contributed by atoms with Gasteiger partial charge in [0.05, 0.1) is 17.6 Å². The van der Waals surface area contributed by atoms with E-state index in [-0.39, 0.29) is 13.0 Å². The smallest absolute Gasteiger partial charge is 0.157 e. The number of benzene rings is 3. The van der Waals surface area contributed by atoms with Gasteiger partial charge < -0.3 is 20.1 Å². The average Bonchev–Trinajstić information content (AvgIpc) is 3.66. The van der Waals surface area contributed by atoms with E-state index in [9.17, 15) is 0 Å². The van der Waals surface area contributed by atoms with Crippen molar-refractivity contribution in [3.05, 3.63) is 84.9 Å². The molecular formula is C29H24O4S3. The molecule has 0 saturated carbocycles. The summed E-state index contributed by atoms with van der Waals surface area (Å²) < 4.78 is 8.74. The van der Waals surface area contributed by atoms with Gasteiger partial charge in [-0.1, -0.05) is 54.6 Å². The highest BCUT2D eigenvalue weighted by atomic mass is 32.1. The molecule has 4 nitrogen and oxygen atoms in total. The molecule has 1 aliphatic heterocycles. The van der Waals surface area contributed by atoms with Crippen LogP contribution in [0.5, 0.6) is 0 Å². The Morgan fingerprint density at radius 2 is 1.31 bits per heavy atom. The summed E-state index contributed by atoms with van der Waals surface area (Å²) in [5.41, 5.74) is 1.39. The van der Waals surface area contributed by atoms with E-state index in [1.54, 1.807) is 0 Å². The molecule has 1 unspecified atom stereocenters. The van der Waals surface area contributed by atoms with Crippen LogP contribution in [-0.4, -0.2) is 40.4 Å². The fourth-order valence-corrected chi connectivity index (χ4v) is 8.11. The maximum atomic E-state index is 8.91. The molecule has 1 aliphatic rings. The monoisotopic (exact) mass is 532 g/mol. The molecule has 7 rings (SSSR count). The first-order valence-electron chi connectivity index (χ1n) is 11.7. The zero-order chi connectivity index (χ0) is 24.6. The third-order valence-corrected chi connectivity index (χ3v) is 9.90. The van der Waals surface area contributed by atoms with Crippen molar-refractivity contribution in [2.75, 3.05) is 6.61 Å². The molecule has 0 bridgehead atoms. The van der Waals surface area contributed by atoms with Gasteiger partial charge in [-0.3, -0.25) is 0 Å². The second-order valence-electron chi connectivity index (χ2n) is 8.71. The SMILES string of the molecule is OC[C@H]1OC(O)C[C@@H]1O.c1ccc2sc(-c3sc4ccccc4c3-c3cc4ccccc4s3)cc2c1. The first kappa shape index (κ1) is 23.8. The molecule has 3 atom stereocenters. The molecule has 0 aliphatic carbocycles. The Morgan fingerprint density at radius 3 is 1.89 bits per heavy atom. The van der Waals surface area contributed by atoms with Gasteiger partial charge in [-0.15, -0.1) is 34.0 Å². The molecule has 6 aromatic rings. The Balaban J connectivity index is 0.000000228. The summed E-state index contributed by atoms with van der Waals surface area (Å²) >= 11 is 5.71. The maximum Gasteiger partial charge on any atom is 0.157 e. The molecule has 36 heavy (non-hydrogen) atoms. The number of hydrogen-bond donors (Lipinski definition) is 3. The normalized spacial score (nSPS) is 19.7. The van der Waals surface area contributed by atoms with Gasteiger partial charge in [0, 0.05) is 41.2 Å². The van der Waals surface area contributed by atoms with E-state index in [1.165, 1.54) is 50.5 Å². The van der Waals surface area contributed by atoms with E-state index < -0.39 is 18.5 Å². The number of hydrogen-bond acceptors (Lipinski definition) is 7. The van der Waals surface area contributed by atoms with Crippen LogP contribution in [0.1, 0.15) is 6.42 Å². The summed E-state index contributed by atoms with van der Waals surface area (Å²) in [5.74, 6) is 0. The zero-order valence-electron chi connectivity index (χ0n) is 19.2. The third kappa shape index (κ3) is 4.48. The fraction of sp³-hybridized carbons (Fsp3) is 0.172. The van der Waals surface area contributed by atoms with E-state index >= 15 is 0 Å². The lowest BCUT2D eigenvalue weighted by Crippen LogP contribution is -2.24. The Hall–Kier alpha value is -2.62. The lowest BCUT2D eigenvalue weighted by atomic mass is 10.1. The third-order valence-electron chi connectivity index (χ3n) is 6.30. The Bertz CT molecular complexity index is 1580. The first-order valence-corrected chi connectivity index (χ1v) is 14.2. The van der Waals surface area contributed by atoms with Crippen LogP contribution in [0.3, 0.4) is 0 Å². The molecule has 182 valence electrons. The summed E-state index contributed by atoms with van der Waals surface area (Å²) in [6.07, 6.45) is -2.02. The lowest BCUT2D eigenvalue weighted by Gasteiger charge is -2.08. The highest BCUT2D eigenvalue weighted by Crippen LogP contribution is 2.50. The molecule has 4 heterocycles. The largest absolute Gasteiger partial charge is 0.394 e. The fourth-order valence-electron chi connectivity index (χ4n) is 4.53. The van der Waals surface area contributed by atoms with Crippen LogP contribution in [0.15, 0.2) is 84.9 Å². The highest BCUT2D eigenvalue weighted by Gasteiger charge is 2.31. The Morgan fingerprint density at radius 1 is 0.722 bits per heavy atom. The van der Waals surface area contributed by atoms with Gasteiger partial charge in [-0.05, 0) is 41.1 Å². The predicted octanol–water partition coefficient (Wildman–Crippen LogP) is 7.11. The number of thiophene rings is 3. The van der Waals surface area contributed by atoms with E-state index in [0.717, 1.165) is 0 Å². The molecule has 0 radical (unpaired) electrons. The zero-order valence-corrected chi connectivity index (χ0v) is 21.7. The van der Waals surface area contributed by atoms with Crippen molar-refractivity contribution in [1.29, 1.82) is 0 Å². The second-order valence-corrected chi connectivity index (χ2v) is 11.9. The summed E-state index contributed by atoms with van der Waals surface area (Å²) in [4.78, 5) is 4.12. The summed E-state index contributed by atoms with van der Waals surface area (Å²) in [6, 6.07) is 30.9. The van der Waals surface area contributed by atoms with Crippen molar-refractivity contribution in [2.24, 2.45) is 0 Å². The van der Waals surface area contributed by atoms with Crippen molar-refractivity contribution in [1.82, 2.24) is 0 Å². The summed E-state index contributed by atoms with van der Waals surface area (Å²) in [5, 5.41) is 30.1. The van der Waals surface area contributed by atoms with Crippen LogP contribution in [0, 0.1) is 0 Å². The Kier molecular flexibility index (Phi) is 6.62. The quantitative estimate of drug-likeness (QED) is 0.227. The molecule has 3 aromatic carbocycles. The number of aliphatic hydroxyl groups is 3. The van der Waals surface area contributed by atoms with Gasteiger partial charge in [0.1, 0.15) is 6.10 Å². The van der Waals surface area contributed by atoms with Crippen molar-refractivity contribution in [3.63, 3.8) is 0 Å². The molecular weight excluding hydrogens is 509 g/mol. The van der Waals surface area contributed by atoms with Crippen LogP contribution in [0.4, 0.5) is 0 Å². The number of fused-ring (bicyclic) bond motifs is 3. The number of ether oxygens (including phenoxy) is 1. The predicted molar refractivity (Wildman–Crippen MR) is 152 cm³/mol. The molecule has 1 fully saturated rings. The minimum Gasteiger partial charge on any atom is -0.394 e. The summed E-state index contributed by atoms with van der Waals surface area (Å²) in [7, 11) is 0. The van der Waals surface area contributed by atoms with E-state index in [0.29, 0.717) is 0 Å². The van der Waals surface area contributed by atoms with E-state index in [4.69, 9.17) is 15.3 Å². The lowest BCUT2D eigenvalue weighted by molar-refractivity contribution is -0.107. The van der Waals surface area contributed by atoms with Gasteiger partial charge in [-0.2, -0.15) is 0 Å². The molecule has 7 heteroatoms. The average molecular weight is 533 g/mol. The Labute approximate surface area is 220 Å². The van der Waals surface area contributed by atoms with Gasteiger partial charge in [0.2, 0.25) is 0 Å². The minimum absolute atomic E-state index is 0.200. The van der Waals surface area contributed by atoms with Crippen LogP contribution >= 0.6 is 34.0 Å². The maximum absolute atomic E-state index is 8.91. The molecule has 1 saturated heterocycles. The highest BCUT2D eigenvalue weighted by molar-refractivity contribution is 7.29. The van der Waals surface area contributed by atoms with Gasteiger partial charge >= 0.3 is 0 Å². The number of rotatable bonds is 3. The van der Waals surface area contributed by atoms with Crippen molar-refractivity contribution in [3.8, 4) is 20.2 Å². The van der Waals surface area contributed by atoms with Gasteiger partial charge in [0.15, 0.2) is 6.29 Å². The first-order chi connectivity index (χ1) is 17.6. The van der Waals surface area contributed by atoms with Gasteiger partial charge in [0.25, 0.3) is 0 Å². The molecule has 0 amide bonds. The van der Waals surface area contributed by atoms with Gasteiger partial charge in [-0.25, -0.2) is 0 Å². The minimum atomic E-state index is -0.905. The topological polar surface area (TPSA) is 69.9 Å². The number of aliphatic hydroxyl groups excluding tert-OH is 3. The standard InChI is InChI=1S/C24H14S3.C5H10O4/c1-4-10-18-15(7-1)13-21(25-18)23-17-9-3-6-12-20(17)27-24(23)22-14-16-8-2-5-11-19(16)26-22;6-2-4-3(7)1-5(8)9-4/h1-14H;3-8H,1-2H2/t;3-,4+,5?/m.0/s1. The second kappa shape index (κ2) is 10.0. The van der Waals surface area contributed by atoms with Crippen LogP contribution < -0.4 is 0 Å². The summed E-state index contributed by atoms with van der Waals surface area (Å²) in [6.45, 7) is -0.238. The van der Waals surface area contributed by atoms with Crippen LogP contribution in [0.2, 0.25) is 0 Å². The van der Waals surface area contributed by atoms with Crippen LogP contribution in [0.25, 0.3) is 50.5 Å². The van der Waals surface area contributed by atoms with Crippen molar-refractivity contribution in [2.45, 2.75) is 24.9 Å².